The largest absolute Gasteiger partial charge is 0.351 e. The Morgan fingerprint density at radius 2 is 1.31 bits per heavy atom. The summed E-state index contributed by atoms with van der Waals surface area (Å²) >= 11 is 1.33. The van der Waals surface area contributed by atoms with E-state index < -0.39 is 0 Å². The van der Waals surface area contributed by atoms with E-state index in [2.05, 4.69) is 15.6 Å². The van der Waals surface area contributed by atoms with Gasteiger partial charge in [-0.15, -0.1) is 0 Å². The minimum absolute atomic E-state index is 0.0778. The highest BCUT2D eigenvalue weighted by atomic mass is 32.2. The van der Waals surface area contributed by atoms with Crippen LogP contribution in [-0.2, 0) is 29.2 Å². The first-order valence-corrected chi connectivity index (χ1v) is 11.4. The predicted octanol–water partition coefficient (Wildman–Crippen LogP) is 3.76. The van der Waals surface area contributed by atoms with Crippen LogP contribution in [0.25, 0.3) is 11.0 Å². The molecule has 1 aromatic heterocycles. The topological polar surface area (TPSA) is 76.0 Å². The zero-order valence-electron chi connectivity index (χ0n) is 17.5. The van der Waals surface area contributed by atoms with Crippen molar-refractivity contribution in [2.24, 2.45) is 0 Å². The summed E-state index contributed by atoms with van der Waals surface area (Å²) in [6.45, 7) is 1.09. The van der Waals surface area contributed by atoms with Gasteiger partial charge < -0.3 is 15.2 Å². The Bertz CT molecular complexity index is 1190. The number of thioether (sulfide) groups is 1. The maximum Gasteiger partial charge on any atom is 0.240 e. The second kappa shape index (κ2) is 10.6. The Balaban J connectivity index is 1.39. The molecule has 7 heteroatoms. The van der Waals surface area contributed by atoms with Crippen LogP contribution in [0.3, 0.4) is 0 Å². The number of rotatable bonds is 9. The molecule has 32 heavy (non-hydrogen) atoms. The summed E-state index contributed by atoms with van der Waals surface area (Å²) in [4.78, 5) is 29.6. The van der Waals surface area contributed by atoms with Crippen molar-refractivity contribution in [2.45, 2.75) is 24.8 Å². The lowest BCUT2D eigenvalue weighted by molar-refractivity contribution is -0.122. The molecule has 1 heterocycles. The van der Waals surface area contributed by atoms with Crippen molar-refractivity contribution in [2.75, 3.05) is 5.75 Å². The maximum atomic E-state index is 12.6. The van der Waals surface area contributed by atoms with Crippen molar-refractivity contribution in [3.05, 3.63) is 96.1 Å². The van der Waals surface area contributed by atoms with Gasteiger partial charge in [0.2, 0.25) is 11.8 Å². The fourth-order valence-electron chi connectivity index (χ4n) is 3.29. The fourth-order valence-corrected chi connectivity index (χ4v) is 4.13. The standard InChI is InChI=1S/C25H24N4O2S/c30-23(26-15-19-9-3-1-4-10-19)17-29-22-14-8-7-13-21(22)28-25(29)32-18-24(31)27-16-20-11-5-2-6-12-20/h1-14H,15-18H2,(H,26,30)(H,27,31). The van der Waals surface area contributed by atoms with Gasteiger partial charge in [0.1, 0.15) is 6.54 Å². The molecule has 3 aromatic carbocycles. The second-order valence-electron chi connectivity index (χ2n) is 7.28. The highest BCUT2D eigenvalue weighted by Gasteiger charge is 2.15. The van der Waals surface area contributed by atoms with Gasteiger partial charge in [-0.25, -0.2) is 4.98 Å². The molecule has 0 radical (unpaired) electrons. The van der Waals surface area contributed by atoms with Crippen molar-refractivity contribution in [3.63, 3.8) is 0 Å². The van der Waals surface area contributed by atoms with E-state index in [1.165, 1.54) is 11.8 Å². The predicted molar refractivity (Wildman–Crippen MR) is 127 cm³/mol. The van der Waals surface area contributed by atoms with Crippen LogP contribution in [0.1, 0.15) is 11.1 Å². The Kier molecular flexibility index (Phi) is 7.19. The zero-order chi connectivity index (χ0) is 22.2. The van der Waals surface area contributed by atoms with Crippen LogP contribution >= 0.6 is 11.8 Å². The third-order valence-electron chi connectivity index (χ3n) is 4.92. The molecule has 2 N–H and O–H groups in total. The van der Waals surface area contributed by atoms with Crippen molar-refractivity contribution in [1.29, 1.82) is 0 Å². The van der Waals surface area contributed by atoms with Gasteiger partial charge in [0, 0.05) is 13.1 Å². The average molecular weight is 445 g/mol. The SMILES string of the molecule is O=C(CSc1nc2ccccc2n1CC(=O)NCc1ccccc1)NCc1ccccc1. The smallest absolute Gasteiger partial charge is 0.240 e. The quantitative estimate of drug-likeness (QED) is 0.386. The number of fused-ring (bicyclic) bond motifs is 1. The van der Waals surface area contributed by atoms with Crippen molar-refractivity contribution in [3.8, 4) is 0 Å². The molecule has 0 bridgehead atoms. The van der Waals surface area contributed by atoms with E-state index in [9.17, 15) is 9.59 Å². The Morgan fingerprint density at radius 1 is 0.750 bits per heavy atom. The molecular formula is C25H24N4O2S. The normalized spacial score (nSPS) is 10.8. The lowest BCUT2D eigenvalue weighted by Gasteiger charge is -2.10. The van der Waals surface area contributed by atoms with Gasteiger partial charge in [0.05, 0.1) is 16.8 Å². The minimum atomic E-state index is -0.104. The number of carbonyl (C=O) groups is 2. The Labute approximate surface area is 191 Å². The summed E-state index contributed by atoms with van der Waals surface area (Å²) in [7, 11) is 0. The maximum absolute atomic E-state index is 12.6. The van der Waals surface area contributed by atoms with Crippen molar-refractivity contribution in [1.82, 2.24) is 20.2 Å². The third kappa shape index (κ3) is 5.76. The number of amides is 2. The second-order valence-corrected chi connectivity index (χ2v) is 8.23. The number of aromatic nitrogens is 2. The molecule has 0 aliphatic carbocycles. The van der Waals surface area contributed by atoms with E-state index >= 15 is 0 Å². The summed E-state index contributed by atoms with van der Waals surface area (Å²) in [6.07, 6.45) is 0. The molecule has 6 nitrogen and oxygen atoms in total. The first-order valence-electron chi connectivity index (χ1n) is 10.4. The van der Waals surface area contributed by atoms with Gasteiger partial charge in [-0.1, -0.05) is 84.6 Å². The molecule has 0 spiro atoms. The number of hydrogen-bond donors (Lipinski definition) is 2. The highest BCUT2D eigenvalue weighted by molar-refractivity contribution is 7.99. The summed E-state index contributed by atoms with van der Waals surface area (Å²) < 4.78 is 1.87. The number of imidazole rings is 1. The van der Waals surface area contributed by atoms with E-state index in [0.717, 1.165) is 22.2 Å². The Hall–Kier alpha value is -3.58. The summed E-state index contributed by atoms with van der Waals surface area (Å²) in [5.41, 5.74) is 3.76. The number of benzene rings is 3. The van der Waals surface area contributed by atoms with E-state index in [-0.39, 0.29) is 24.1 Å². The Morgan fingerprint density at radius 3 is 1.97 bits per heavy atom. The fraction of sp³-hybridized carbons (Fsp3) is 0.160. The molecule has 2 amide bonds. The van der Waals surface area contributed by atoms with E-state index in [1.807, 2.05) is 89.5 Å². The van der Waals surface area contributed by atoms with Gasteiger partial charge in [-0.05, 0) is 23.3 Å². The van der Waals surface area contributed by atoms with Crippen LogP contribution in [0.15, 0.2) is 90.1 Å². The van der Waals surface area contributed by atoms with Gasteiger partial charge in [-0.3, -0.25) is 9.59 Å². The third-order valence-corrected chi connectivity index (χ3v) is 5.90. The van der Waals surface area contributed by atoms with Gasteiger partial charge in [0.25, 0.3) is 0 Å². The van der Waals surface area contributed by atoms with E-state index in [0.29, 0.717) is 18.2 Å². The monoisotopic (exact) mass is 444 g/mol. The average Bonchev–Trinajstić information content (AvgIpc) is 3.18. The summed E-state index contributed by atoms with van der Waals surface area (Å²) in [6, 6.07) is 27.3. The number of hydrogen-bond acceptors (Lipinski definition) is 4. The first kappa shape index (κ1) is 21.6. The molecule has 4 rings (SSSR count). The molecular weight excluding hydrogens is 420 g/mol. The van der Waals surface area contributed by atoms with Crippen LogP contribution in [0.4, 0.5) is 0 Å². The molecule has 0 fully saturated rings. The molecule has 0 saturated heterocycles. The van der Waals surface area contributed by atoms with Crippen LogP contribution in [0.2, 0.25) is 0 Å². The van der Waals surface area contributed by atoms with E-state index in [1.54, 1.807) is 0 Å². The molecule has 4 aromatic rings. The van der Waals surface area contributed by atoms with Gasteiger partial charge in [-0.2, -0.15) is 0 Å². The van der Waals surface area contributed by atoms with Crippen LogP contribution in [0, 0.1) is 0 Å². The van der Waals surface area contributed by atoms with E-state index in [4.69, 9.17) is 0 Å². The molecule has 0 aliphatic heterocycles. The number of nitrogens with one attached hydrogen (secondary N) is 2. The van der Waals surface area contributed by atoms with Crippen molar-refractivity contribution < 1.29 is 9.59 Å². The zero-order valence-corrected chi connectivity index (χ0v) is 18.3. The summed E-state index contributed by atoms with van der Waals surface area (Å²) in [5.74, 6) is 0.0419. The van der Waals surface area contributed by atoms with Crippen LogP contribution in [-0.4, -0.2) is 27.1 Å². The number of para-hydroxylation sites is 2. The highest BCUT2D eigenvalue weighted by Crippen LogP contribution is 2.24. The van der Waals surface area contributed by atoms with Crippen LogP contribution < -0.4 is 10.6 Å². The molecule has 0 atom stereocenters. The lowest BCUT2D eigenvalue weighted by Crippen LogP contribution is -2.27. The molecule has 0 unspecified atom stereocenters. The number of nitrogens with zero attached hydrogens (tertiary/aromatic N) is 2. The molecule has 162 valence electrons. The lowest BCUT2D eigenvalue weighted by atomic mass is 10.2. The summed E-state index contributed by atoms with van der Waals surface area (Å²) in [5, 5.41) is 6.53. The number of carbonyl (C=O) groups excluding carboxylic acids is 2. The van der Waals surface area contributed by atoms with Crippen molar-refractivity contribution >= 4 is 34.6 Å². The van der Waals surface area contributed by atoms with Crippen LogP contribution in [0.5, 0.6) is 0 Å². The minimum Gasteiger partial charge on any atom is -0.351 e. The van der Waals surface area contributed by atoms with Gasteiger partial charge in [0.15, 0.2) is 5.16 Å². The molecule has 0 saturated carbocycles. The van der Waals surface area contributed by atoms with Gasteiger partial charge >= 0.3 is 0 Å². The molecule has 0 aliphatic rings. The first-order chi connectivity index (χ1) is 15.7.